The summed E-state index contributed by atoms with van der Waals surface area (Å²) in [5.74, 6) is 2.45. The maximum Gasteiger partial charge on any atom is 0.255 e. The molecule has 0 saturated carbocycles. The van der Waals surface area contributed by atoms with Crippen molar-refractivity contribution in [2.24, 2.45) is 17.8 Å². The predicted molar refractivity (Wildman–Crippen MR) is 81.3 cm³/mol. The second-order valence-corrected chi connectivity index (χ2v) is 7.75. The summed E-state index contributed by atoms with van der Waals surface area (Å²) in [5, 5.41) is 5.56. The normalized spacial score (nSPS) is 32.2. The Hall–Kier alpha value is -0.870. The van der Waals surface area contributed by atoms with Crippen molar-refractivity contribution in [1.29, 1.82) is 0 Å². The Balaban J connectivity index is 1.55. The van der Waals surface area contributed by atoms with E-state index in [0.717, 1.165) is 44.1 Å². The molecule has 3 nitrogen and oxygen atoms in total. The standard InChI is InChI=1S/C16H22N2OS/c1-10-2-3-13-14(9-20-15(13)4-10)16(19)18-7-11-5-17-6-12(11)8-18/h9-12,17H,2-8H2,1H3/t10?,11-,12+. The summed E-state index contributed by atoms with van der Waals surface area (Å²) < 4.78 is 0. The van der Waals surface area contributed by atoms with Crippen LogP contribution in [0.2, 0.25) is 0 Å². The molecule has 2 fully saturated rings. The predicted octanol–water partition coefficient (Wildman–Crippen LogP) is 2.16. The zero-order valence-electron chi connectivity index (χ0n) is 12.0. The third-order valence-corrected chi connectivity index (χ3v) is 6.36. The van der Waals surface area contributed by atoms with Gasteiger partial charge in [0.15, 0.2) is 0 Å². The number of hydrogen-bond acceptors (Lipinski definition) is 3. The van der Waals surface area contributed by atoms with Crippen molar-refractivity contribution in [1.82, 2.24) is 10.2 Å². The van der Waals surface area contributed by atoms with Crippen LogP contribution in [0.1, 0.15) is 34.1 Å². The molecule has 0 spiro atoms. The van der Waals surface area contributed by atoms with Gasteiger partial charge < -0.3 is 10.2 Å². The van der Waals surface area contributed by atoms with Crippen molar-refractivity contribution in [3.8, 4) is 0 Å². The van der Waals surface area contributed by atoms with Crippen LogP contribution in [0.3, 0.4) is 0 Å². The van der Waals surface area contributed by atoms with E-state index in [4.69, 9.17) is 0 Å². The molecule has 1 aromatic heterocycles. The van der Waals surface area contributed by atoms with Gasteiger partial charge in [-0.25, -0.2) is 0 Å². The number of likely N-dealkylation sites (tertiary alicyclic amines) is 1. The molecule has 3 heterocycles. The number of thiophene rings is 1. The Bertz CT molecular complexity index is 527. The first-order valence-corrected chi connectivity index (χ1v) is 8.69. The lowest BCUT2D eigenvalue weighted by Crippen LogP contribution is -2.32. The van der Waals surface area contributed by atoms with Crippen molar-refractivity contribution in [3.63, 3.8) is 0 Å². The Morgan fingerprint density at radius 1 is 1.35 bits per heavy atom. The molecule has 0 bridgehead atoms. The molecule has 0 aromatic carbocycles. The molecule has 2 saturated heterocycles. The second kappa shape index (κ2) is 4.85. The van der Waals surface area contributed by atoms with Gasteiger partial charge >= 0.3 is 0 Å². The fourth-order valence-electron chi connectivity index (χ4n) is 4.05. The van der Waals surface area contributed by atoms with Gasteiger partial charge in [-0.2, -0.15) is 0 Å². The van der Waals surface area contributed by atoms with Gasteiger partial charge in [0.2, 0.25) is 0 Å². The minimum absolute atomic E-state index is 0.298. The molecule has 3 aliphatic rings. The van der Waals surface area contributed by atoms with Gasteiger partial charge in [-0.05, 0) is 42.6 Å². The number of hydrogen-bond donors (Lipinski definition) is 1. The molecule has 0 radical (unpaired) electrons. The van der Waals surface area contributed by atoms with Gasteiger partial charge in [-0.3, -0.25) is 4.79 Å². The lowest BCUT2D eigenvalue weighted by molar-refractivity contribution is 0.0781. The van der Waals surface area contributed by atoms with Crippen LogP contribution in [-0.2, 0) is 12.8 Å². The summed E-state index contributed by atoms with van der Waals surface area (Å²) in [7, 11) is 0. The minimum atomic E-state index is 0.298. The maximum absolute atomic E-state index is 12.8. The first-order chi connectivity index (χ1) is 9.72. The van der Waals surface area contributed by atoms with E-state index in [9.17, 15) is 4.79 Å². The summed E-state index contributed by atoms with van der Waals surface area (Å²) in [4.78, 5) is 16.4. The summed E-state index contributed by atoms with van der Waals surface area (Å²) in [6, 6.07) is 0. The first-order valence-electron chi connectivity index (χ1n) is 7.81. The highest BCUT2D eigenvalue weighted by atomic mass is 32.1. The van der Waals surface area contributed by atoms with Gasteiger partial charge in [-0.15, -0.1) is 11.3 Å². The van der Waals surface area contributed by atoms with Crippen molar-refractivity contribution < 1.29 is 4.79 Å². The quantitative estimate of drug-likeness (QED) is 0.859. The fraction of sp³-hybridized carbons (Fsp3) is 0.688. The SMILES string of the molecule is CC1CCc2c(C(=O)N3C[C@H]4CNC[C@H]4C3)csc2C1. The Morgan fingerprint density at radius 3 is 2.85 bits per heavy atom. The molecule has 2 aliphatic heterocycles. The molecule has 1 aliphatic carbocycles. The highest BCUT2D eigenvalue weighted by Crippen LogP contribution is 2.35. The lowest BCUT2D eigenvalue weighted by Gasteiger charge is -2.21. The van der Waals surface area contributed by atoms with E-state index < -0.39 is 0 Å². The van der Waals surface area contributed by atoms with E-state index in [2.05, 4.69) is 22.5 Å². The number of nitrogens with one attached hydrogen (secondary N) is 1. The Labute approximate surface area is 124 Å². The van der Waals surface area contributed by atoms with E-state index >= 15 is 0 Å². The van der Waals surface area contributed by atoms with Crippen LogP contribution in [0.4, 0.5) is 0 Å². The minimum Gasteiger partial charge on any atom is -0.338 e. The third-order valence-electron chi connectivity index (χ3n) is 5.31. The number of amides is 1. The number of carbonyl (C=O) groups is 1. The highest BCUT2D eigenvalue weighted by Gasteiger charge is 2.39. The Kier molecular flexibility index (Phi) is 3.11. The molecule has 1 aromatic rings. The number of rotatable bonds is 1. The largest absolute Gasteiger partial charge is 0.338 e. The summed E-state index contributed by atoms with van der Waals surface area (Å²) in [6.07, 6.45) is 3.50. The average molecular weight is 290 g/mol. The molecule has 1 unspecified atom stereocenters. The van der Waals surface area contributed by atoms with E-state index in [-0.39, 0.29) is 0 Å². The van der Waals surface area contributed by atoms with Crippen LogP contribution in [-0.4, -0.2) is 37.0 Å². The van der Waals surface area contributed by atoms with E-state index in [0.29, 0.717) is 17.7 Å². The number of nitrogens with zero attached hydrogens (tertiary/aromatic N) is 1. The maximum atomic E-state index is 12.8. The van der Waals surface area contributed by atoms with Crippen LogP contribution in [0, 0.1) is 17.8 Å². The molecular formula is C16H22N2OS. The van der Waals surface area contributed by atoms with E-state index in [1.54, 1.807) is 11.3 Å². The van der Waals surface area contributed by atoms with Gasteiger partial charge in [-0.1, -0.05) is 6.92 Å². The van der Waals surface area contributed by atoms with Crippen molar-refractivity contribution in [2.45, 2.75) is 26.2 Å². The van der Waals surface area contributed by atoms with Crippen LogP contribution in [0.25, 0.3) is 0 Å². The lowest BCUT2D eigenvalue weighted by atomic mass is 9.88. The molecular weight excluding hydrogens is 268 g/mol. The van der Waals surface area contributed by atoms with Gasteiger partial charge in [0.1, 0.15) is 0 Å². The first kappa shape index (κ1) is 12.8. The van der Waals surface area contributed by atoms with Crippen molar-refractivity contribution >= 4 is 17.2 Å². The van der Waals surface area contributed by atoms with E-state index in [1.807, 2.05) is 0 Å². The van der Waals surface area contributed by atoms with Crippen molar-refractivity contribution in [3.05, 3.63) is 21.4 Å². The van der Waals surface area contributed by atoms with Crippen molar-refractivity contribution in [2.75, 3.05) is 26.2 Å². The molecule has 108 valence electrons. The Morgan fingerprint density at radius 2 is 2.10 bits per heavy atom. The van der Waals surface area contributed by atoms with Crippen LogP contribution < -0.4 is 5.32 Å². The van der Waals surface area contributed by atoms with Crippen LogP contribution in [0.5, 0.6) is 0 Å². The monoisotopic (exact) mass is 290 g/mol. The molecule has 20 heavy (non-hydrogen) atoms. The fourth-order valence-corrected chi connectivity index (χ4v) is 5.29. The summed E-state index contributed by atoms with van der Waals surface area (Å²) >= 11 is 1.80. The van der Waals surface area contributed by atoms with Gasteiger partial charge in [0.25, 0.3) is 5.91 Å². The average Bonchev–Trinajstić information content (AvgIpc) is 3.10. The smallest absolute Gasteiger partial charge is 0.255 e. The van der Waals surface area contributed by atoms with Crippen LogP contribution >= 0.6 is 11.3 Å². The van der Waals surface area contributed by atoms with Crippen LogP contribution in [0.15, 0.2) is 5.38 Å². The van der Waals surface area contributed by atoms with Gasteiger partial charge in [0.05, 0.1) is 5.56 Å². The summed E-state index contributed by atoms with van der Waals surface area (Å²) in [6.45, 7) is 6.41. The number of carbonyl (C=O) groups excluding carboxylic acids is 1. The molecule has 4 rings (SSSR count). The molecule has 4 heteroatoms. The van der Waals surface area contributed by atoms with E-state index in [1.165, 1.54) is 23.3 Å². The topological polar surface area (TPSA) is 32.3 Å². The molecule has 1 amide bonds. The molecule has 3 atom stereocenters. The molecule has 1 N–H and O–H groups in total. The number of fused-ring (bicyclic) bond motifs is 2. The zero-order valence-corrected chi connectivity index (χ0v) is 12.8. The van der Waals surface area contributed by atoms with Gasteiger partial charge in [0, 0.05) is 36.4 Å². The summed E-state index contributed by atoms with van der Waals surface area (Å²) in [5.41, 5.74) is 2.39. The second-order valence-electron chi connectivity index (χ2n) is 6.79. The zero-order chi connectivity index (χ0) is 13.7. The third kappa shape index (κ3) is 2.01. The highest BCUT2D eigenvalue weighted by molar-refractivity contribution is 7.10.